The van der Waals surface area contributed by atoms with Crippen molar-refractivity contribution in [3.8, 4) is 11.5 Å². The van der Waals surface area contributed by atoms with Crippen LogP contribution >= 0.6 is 11.8 Å². The number of ether oxygens (including phenoxy) is 2. The number of nitrogens with two attached hydrogens (primary N) is 1. The normalized spacial score (nSPS) is 20.1. The van der Waals surface area contributed by atoms with Gasteiger partial charge in [-0.3, -0.25) is 4.90 Å². The van der Waals surface area contributed by atoms with Crippen LogP contribution in [-0.4, -0.2) is 50.3 Å². The summed E-state index contributed by atoms with van der Waals surface area (Å²) < 4.78 is 10.9. The molecule has 0 aliphatic carbocycles. The zero-order chi connectivity index (χ0) is 14.5. The Bertz CT molecular complexity index is 436. The molecule has 20 heavy (non-hydrogen) atoms. The molecule has 0 amide bonds. The molecule has 1 saturated heterocycles. The Labute approximate surface area is 125 Å². The van der Waals surface area contributed by atoms with Crippen LogP contribution in [0, 0.1) is 0 Å². The van der Waals surface area contributed by atoms with Gasteiger partial charge in [0.25, 0.3) is 0 Å². The van der Waals surface area contributed by atoms with Gasteiger partial charge >= 0.3 is 0 Å². The predicted molar refractivity (Wildman–Crippen MR) is 84.8 cm³/mol. The maximum absolute atomic E-state index is 6.04. The van der Waals surface area contributed by atoms with Gasteiger partial charge in [0.15, 0.2) is 11.5 Å². The standard InChI is InChI=1S/C15H24N2O2S/c1-17(11-7-8-20-10-11)13(9-16)12-5-4-6-14(18-2)15(12)19-3/h4-6,11,13H,7-10,16H2,1-3H3. The molecule has 0 saturated carbocycles. The molecule has 0 aromatic heterocycles. The third kappa shape index (κ3) is 3.05. The van der Waals surface area contributed by atoms with Crippen LogP contribution in [0.15, 0.2) is 18.2 Å². The van der Waals surface area contributed by atoms with Gasteiger partial charge < -0.3 is 15.2 Å². The van der Waals surface area contributed by atoms with Crippen LogP contribution < -0.4 is 15.2 Å². The van der Waals surface area contributed by atoms with E-state index in [0.29, 0.717) is 12.6 Å². The highest BCUT2D eigenvalue weighted by Gasteiger charge is 2.28. The predicted octanol–water partition coefficient (Wildman–Crippen LogP) is 2.14. The van der Waals surface area contributed by atoms with Gasteiger partial charge in [-0.2, -0.15) is 11.8 Å². The third-order valence-electron chi connectivity index (χ3n) is 3.99. The first kappa shape index (κ1) is 15.5. The van der Waals surface area contributed by atoms with E-state index >= 15 is 0 Å². The summed E-state index contributed by atoms with van der Waals surface area (Å²) in [6, 6.07) is 6.74. The van der Waals surface area contributed by atoms with E-state index in [1.54, 1.807) is 14.2 Å². The van der Waals surface area contributed by atoms with E-state index in [0.717, 1.165) is 17.1 Å². The highest BCUT2D eigenvalue weighted by molar-refractivity contribution is 7.99. The summed E-state index contributed by atoms with van der Waals surface area (Å²) >= 11 is 2.01. The van der Waals surface area contributed by atoms with Crippen molar-refractivity contribution in [1.29, 1.82) is 0 Å². The Morgan fingerprint density at radius 3 is 2.75 bits per heavy atom. The van der Waals surface area contributed by atoms with Gasteiger partial charge in [-0.15, -0.1) is 0 Å². The fourth-order valence-corrected chi connectivity index (χ4v) is 4.06. The Kier molecular flexibility index (Phi) is 5.57. The molecule has 2 atom stereocenters. The molecular weight excluding hydrogens is 272 g/mol. The minimum absolute atomic E-state index is 0.156. The second-order valence-electron chi connectivity index (χ2n) is 5.02. The van der Waals surface area contributed by atoms with E-state index in [1.807, 2.05) is 23.9 Å². The van der Waals surface area contributed by atoms with Gasteiger partial charge in [-0.1, -0.05) is 12.1 Å². The minimum Gasteiger partial charge on any atom is -0.493 e. The zero-order valence-corrected chi connectivity index (χ0v) is 13.3. The molecule has 1 fully saturated rings. The third-order valence-corrected chi connectivity index (χ3v) is 5.13. The number of benzene rings is 1. The number of hydrogen-bond donors (Lipinski definition) is 1. The van der Waals surface area contributed by atoms with Gasteiger partial charge in [-0.25, -0.2) is 0 Å². The molecule has 0 radical (unpaired) electrons. The molecule has 4 nitrogen and oxygen atoms in total. The first-order valence-electron chi connectivity index (χ1n) is 6.93. The lowest BCUT2D eigenvalue weighted by Gasteiger charge is -2.33. The first-order valence-corrected chi connectivity index (χ1v) is 8.09. The number of rotatable bonds is 6. The largest absolute Gasteiger partial charge is 0.493 e. The number of hydrogen-bond acceptors (Lipinski definition) is 5. The van der Waals surface area contributed by atoms with Gasteiger partial charge in [0.05, 0.1) is 20.3 Å². The summed E-state index contributed by atoms with van der Waals surface area (Å²) in [5.41, 5.74) is 7.15. The van der Waals surface area contributed by atoms with Crippen LogP contribution in [0.5, 0.6) is 11.5 Å². The van der Waals surface area contributed by atoms with Gasteiger partial charge in [0.2, 0.25) is 0 Å². The first-order chi connectivity index (χ1) is 9.72. The molecule has 0 spiro atoms. The number of likely N-dealkylation sites (N-methyl/N-ethyl adjacent to an activating group) is 1. The smallest absolute Gasteiger partial charge is 0.165 e. The molecule has 112 valence electrons. The summed E-state index contributed by atoms with van der Waals surface area (Å²) in [4.78, 5) is 2.39. The Morgan fingerprint density at radius 2 is 2.20 bits per heavy atom. The average molecular weight is 296 g/mol. The van der Waals surface area contributed by atoms with Crippen LogP contribution in [0.2, 0.25) is 0 Å². The molecule has 1 aromatic carbocycles. The minimum atomic E-state index is 0.156. The van der Waals surface area contributed by atoms with E-state index in [9.17, 15) is 0 Å². The van der Waals surface area contributed by atoms with Crippen molar-refractivity contribution in [2.75, 3.05) is 39.3 Å². The zero-order valence-electron chi connectivity index (χ0n) is 12.5. The van der Waals surface area contributed by atoms with E-state index < -0.39 is 0 Å². The molecule has 2 rings (SSSR count). The molecule has 1 heterocycles. The van der Waals surface area contributed by atoms with E-state index in [2.05, 4.69) is 18.0 Å². The van der Waals surface area contributed by atoms with E-state index in [1.165, 1.54) is 17.9 Å². The van der Waals surface area contributed by atoms with Crippen molar-refractivity contribution in [1.82, 2.24) is 4.90 Å². The fourth-order valence-electron chi connectivity index (χ4n) is 2.78. The van der Waals surface area contributed by atoms with E-state index in [-0.39, 0.29) is 6.04 Å². The SMILES string of the molecule is COc1cccc(C(CN)N(C)C2CCSC2)c1OC. The maximum atomic E-state index is 6.04. The fraction of sp³-hybridized carbons (Fsp3) is 0.600. The van der Waals surface area contributed by atoms with Gasteiger partial charge in [0, 0.05) is 23.9 Å². The molecule has 5 heteroatoms. The van der Waals surface area contributed by atoms with Crippen molar-refractivity contribution in [3.63, 3.8) is 0 Å². The number of para-hydroxylation sites is 1. The second-order valence-corrected chi connectivity index (χ2v) is 6.17. The van der Waals surface area contributed by atoms with Crippen LogP contribution in [-0.2, 0) is 0 Å². The number of thioether (sulfide) groups is 1. The molecule has 2 unspecified atom stereocenters. The van der Waals surface area contributed by atoms with Crippen LogP contribution in [0.25, 0.3) is 0 Å². The van der Waals surface area contributed by atoms with Crippen LogP contribution in [0.1, 0.15) is 18.0 Å². The summed E-state index contributed by atoms with van der Waals surface area (Å²) in [6.45, 7) is 0.571. The van der Waals surface area contributed by atoms with Crippen molar-refractivity contribution in [3.05, 3.63) is 23.8 Å². The quantitative estimate of drug-likeness (QED) is 0.871. The summed E-state index contributed by atoms with van der Waals surface area (Å²) in [6.07, 6.45) is 1.23. The van der Waals surface area contributed by atoms with Crippen LogP contribution in [0.3, 0.4) is 0 Å². The molecule has 2 N–H and O–H groups in total. The highest BCUT2D eigenvalue weighted by Crippen LogP contribution is 2.38. The number of nitrogens with zero attached hydrogens (tertiary/aromatic N) is 1. The molecule has 0 bridgehead atoms. The van der Waals surface area contributed by atoms with Crippen molar-refractivity contribution < 1.29 is 9.47 Å². The Morgan fingerprint density at radius 1 is 1.40 bits per heavy atom. The van der Waals surface area contributed by atoms with Crippen molar-refractivity contribution in [2.45, 2.75) is 18.5 Å². The summed E-state index contributed by atoms with van der Waals surface area (Å²) in [5, 5.41) is 0. The van der Waals surface area contributed by atoms with Gasteiger partial charge in [0.1, 0.15) is 0 Å². The maximum Gasteiger partial charge on any atom is 0.165 e. The van der Waals surface area contributed by atoms with E-state index in [4.69, 9.17) is 15.2 Å². The Balaban J connectivity index is 2.30. The summed E-state index contributed by atoms with van der Waals surface area (Å²) in [7, 11) is 5.50. The Hall–Kier alpha value is -0.910. The monoisotopic (exact) mass is 296 g/mol. The lowest BCUT2D eigenvalue weighted by molar-refractivity contribution is 0.188. The summed E-state index contributed by atoms with van der Waals surface area (Å²) in [5.74, 6) is 3.97. The lowest BCUT2D eigenvalue weighted by Crippen LogP contribution is -2.38. The molecular formula is C15H24N2O2S. The topological polar surface area (TPSA) is 47.7 Å². The van der Waals surface area contributed by atoms with Gasteiger partial charge in [-0.05, 0) is 25.3 Å². The number of methoxy groups -OCH3 is 2. The van der Waals surface area contributed by atoms with Crippen molar-refractivity contribution >= 4 is 11.8 Å². The molecule has 1 aliphatic rings. The van der Waals surface area contributed by atoms with Crippen LogP contribution in [0.4, 0.5) is 0 Å². The second kappa shape index (κ2) is 7.20. The lowest BCUT2D eigenvalue weighted by atomic mass is 10.0. The average Bonchev–Trinajstić information content (AvgIpc) is 3.01. The molecule has 1 aromatic rings. The van der Waals surface area contributed by atoms with Crippen molar-refractivity contribution in [2.24, 2.45) is 5.73 Å². The highest BCUT2D eigenvalue weighted by atomic mass is 32.2. The molecule has 1 aliphatic heterocycles.